The van der Waals surface area contributed by atoms with Crippen molar-refractivity contribution in [1.82, 2.24) is 0 Å². The first-order valence-corrected chi connectivity index (χ1v) is 2.93. The lowest BCUT2D eigenvalue weighted by Crippen LogP contribution is -1.86. The molecule has 0 aromatic carbocycles. The van der Waals surface area contributed by atoms with Gasteiger partial charge in [-0.05, 0) is 18.9 Å². The maximum atomic E-state index is 5.04. The Morgan fingerprint density at radius 1 is 1.25 bits per heavy atom. The molecule has 1 aliphatic heterocycles. The highest BCUT2D eigenvalue weighted by Gasteiger charge is 1.83. The molecule has 44 valence electrons. The summed E-state index contributed by atoms with van der Waals surface area (Å²) >= 11 is 0. The number of rotatable bonds is 0. The van der Waals surface area contributed by atoms with Gasteiger partial charge in [-0.15, -0.1) is 0 Å². The lowest BCUT2D eigenvalue weighted by atomic mass is 10.3. The third-order valence-corrected chi connectivity index (χ3v) is 1.05. The van der Waals surface area contributed by atoms with Gasteiger partial charge < -0.3 is 4.74 Å². The molecule has 1 rings (SSSR count). The van der Waals surface area contributed by atoms with Crippen LogP contribution >= 0.6 is 0 Å². The molecule has 0 atom stereocenters. The van der Waals surface area contributed by atoms with Crippen molar-refractivity contribution in [3.05, 3.63) is 24.5 Å². The van der Waals surface area contributed by atoms with Crippen LogP contribution in [0.2, 0.25) is 0 Å². The molecule has 8 heavy (non-hydrogen) atoms. The van der Waals surface area contributed by atoms with Crippen LogP contribution < -0.4 is 0 Å². The van der Waals surface area contributed by atoms with Crippen LogP contribution in [-0.4, -0.2) is 6.61 Å². The summed E-state index contributed by atoms with van der Waals surface area (Å²) in [5.41, 5.74) is 0. The normalized spacial score (nSPS) is 23.0. The molecule has 1 heteroatoms. The number of ether oxygens (including phenoxy) is 1. The number of hydrogen-bond acceptors (Lipinski definition) is 1. The van der Waals surface area contributed by atoms with E-state index in [0.717, 1.165) is 19.4 Å². The van der Waals surface area contributed by atoms with Gasteiger partial charge in [0.25, 0.3) is 0 Å². The monoisotopic (exact) mass is 110 g/mol. The van der Waals surface area contributed by atoms with Gasteiger partial charge in [0.15, 0.2) is 0 Å². The smallest absolute Gasteiger partial charge is 0.0876 e. The molecule has 0 saturated carbocycles. The van der Waals surface area contributed by atoms with Crippen molar-refractivity contribution in [2.75, 3.05) is 6.61 Å². The highest BCUT2D eigenvalue weighted by Crippen LogP contribution is 1.96. The summed E-state index contributed by atoms with van der Waals surface area (Å²) in [6.45, 7) is 0.862. The third-order valence-electron chi connectivity index (χ3n) is 1.05. The molecule has 1 aliphatic rings. The van der Waals surface area contributed by atoms with Crippen molar-refractivity contribution in [2.24, 2.45) is 0 Å². The van der Waals surface area contributed by atoms with E-state index in [-0.39, 0.29) is 0 Å². The van der Waals surface area contributed by atoms with Crippen LogP contribution in [0.15, 0.2) is 24.5 Å². The van der Waals surface area contributed by atoms with E-state index in [4.69, 9.17) is 4.74 Å². The predicted octanol–water partition coefficient (Wildman–Crippen LogP) is 1.87. The van der Waals surface area contributed by atoms with Crippen molar-refractivity contribution >= 4 is 0 Å². The van der Waals surface area contributed by atoms with Crippen molar-refractivity contribution in [3.8, 4) is 0 Å². The molecule has 0 saturated heterocycles. The molecule has 0 fully saturated rings. The van der Waals surface area contributed by atoms with E-state index < -0.39 is 0 Å². The molecule has 0 bridgehead atoms. The molecule has 0 unspecified atom stereocenters. The first-order chi connectivity index (χ1) is 4.00. The van der Waals surface area contributed by atoms with Gasteiger partial charge in [0.05, 0.1) is 12.9 Å². The Morgan fingerprint density at radius 2 is 2.25 bits per heavy atom. The minimum atomic E-state index is 0.862. The molecule has 0 amide bonds. The second kappa shape index (κ2) is 3.30. The number of hydrogen-bond donors (Lipinski definition) is 0. The van der Waals surface area contributed by atoms with Gasteiger partial charge in [-0.2, -0.15) is 0 Å². The van der Waals surface area contributed by atoms with Crippen LogP contribution in [0.1, 0.15) is 12.8 Å². The van der Waals surface area contributed by atoms with Crippen LogP contribution in [0.25, 0.3) is 0 Å². The van der Waals surface area contributed by atoms with Crippen LogP contribution in [-0.2, 0) is 4.74 Å². The Labute approximate surface area is 49.7 Å². The Balaban J connectivity index is 2.33. The highest BCUT2D eigenvalue weighted by molar-refractivity contribution is 5.00. The lowest BCUT2D eigenvalue weighted by Gasteiger charge is -1.98. The molecule has 0 N–H and O–H groups in total. The molecule has 1 nitrogen and oxygen atoms in total. The van der Waals surface area contributed by atoms with E-state index in [9.17, 15) is 0 Å². The van der Waals surface area contributed by atoms with Gasteiger partial charge in [-0.1, -0.05) is 12.2 Å². The topological polar surface area (TPSA) is 9.23 Å². The zero-order valence-corrected chi connectivity index (χ0v) is 4.84. The lowest BCUT2D eigenvalue weighted by molar-refractivity contribution is 0.245. The summed E-state index contributed by atoms with van der Waals surface area (Å²) < 4.78 is 5.04. The summed E-state index contributed by atoms with van der Waals surface area (Å²) in [7, 11) is 0. The van der Waals surface area contributed by atoms with Crippen LogP contribution in [0.3, 0.4) is 0 Å². The maximum Gasteiger partial charge on any atom is 0.0876 e. The largest absolute Gasteiger partial charge is 0.501 e. The average molecular weight is 110 g/mol. The SMILES string of the molecule is C1=COCCC/C=C\1. The second-order valence-electron chi connectivity index (χ2n) is 1.77. The summed E-state index contributed by atoms with van der Waals surface area (Å²) in [5, 5.41) is 0. The zero-order chi connectivity index (χ0) is 5.66. The fraction of sp³-hybridized carbons (Fsp3) is 0.429. The molecular weight excluding hydrogens is 100 g/mol. The quantitative estimate of drug-likeness (QED) is 0.462. The molecule has 0 radical (unpaired) electrons. The van der Waals surface area contributed by atoms with Crippen LogP contribution in [0.5, 0.6) is 0 Å². The van der Waals surface area contributed by atoms with E-state index in [1.54, 1.807) is 6.26 Å². The van der Waals surface area contributed by atoms with Gasteiger partial charge in [0.1, 0.15) is 0 Å². The minimum absolute atomic E-state index is 0.862. The van der Waals surface area contributed by atoms with E-state index in [0.29, 0.717) is 0 Å². The van der Waals surface area contributed by atoms with Crippen LogP contribution in [0.4, 0.5) is 0 Å². The van der Waals surface area contributed by atoms with Crippen molar-refractivity contribution in [2.45, 2.75) is 12.8 Å². The van der Waals surface area contributed by atoms with Crippen molar-refractivity contribution < 1.29 is 4.74 Å². The molecule has 0 spiro atoms. The molecule has 0 aliphatic carbocycles. The molecule has 1 heterocycles. The van der Waals surface area contributed by atoms with E-state index in [1.807, 2.05) is 12.2 Å². The predicted molar refractivity (Wildman–Crippen MR) is 33.5 cm³/mol. The Hall–Kier alpha value is -0.720. The molecule has 0 aromatic rings. The number of allylic oxidation sites excluding steroid dienone is 3. The van der Waals surface area contributed by atoms with Crippen LogP contribution in [0, 0.1) is 0 Å². The highest BCUT2D eigenvalue weighted by atomic mass is 16.5. The van der Waals surface area contributed by atoms with Gasteiger partial charge >= 0.3 is 0 Å². The first kappa shape index (κ1) is 5.42. The summed E-state index contributed by atoms with van der Waals surface area (Å²) in [6, 6.07) is 0. The van der Waals surface area contributed by atoms with E-state index in [2.05, 4.69) is 6.08 Å². The van der Waals surface area contributed by atoms with Gasteiger partial charge in [0.2, 0.25) is 0 Å². The summed E-state index contributed by atoms with van der Waals surface area (Å²) in [4.78, 5) is 0. The average Bonchev–Trinajstić information content (AvgIpc) is 1.62. The van der Waals surface area contributed by atoms with Crippen molar-refractivity contribution in [3.63, 3.8) is 0 Å². The van der Waals surface area contributed by atoms with Gasteiger partial charge in [-0.25, -0.2) is 0 Å². The summed E-state index contributed by atoms with van der Waals surface area (Å²) in [5.74, 6) is 0. The van der Waals surface area contributed by atoms with E-state index in [1.165, 1.54) is 0 Å². The molecular formula is C7H10O. The van der Waals surface area contributed by atoms with E-state index >= 15 is 0 Å². The first-order valence-electron chi connectivity index (χ1n) is 2.93. The summed E-state index contributed by atoms with van der Waals surface area (Å²) in [6.07, 6.45) is 10.1. The third kappa shape index (κ3) is 1.82. The fourth-order valence-electron chi connectivity index (χ4n) is 0.628. The minimum Gasteiger partial charge on any atom is -0.501 e. The Kier molecular flexibility index (Phi) is 2.24. The standard InChI is InChI=1S/C7H10O/c1-2-4-6-8-7-5-3-1/h1-2,4,6H,3,5,7H2/b2-1-,6-4?. The van der Waals surface area contributed by atoms with Gasteiger partial charge in [0, 0.05) is 0 Å². The van der Waals surface area contributed by atoms with Crippen molar-refractivity contribution in [1.29, 1.82) is 0 Å². The zero-order valence-electron chi connectivity index (χ0n) is 4.84. The fourth-order valence-corrected chi connectivity index (χ4v) is 0.628. The Morgan fingerprint density at radius 3 is 3.25 bits per heavy atom. The maximum absolute atomic E-state index is 5.04. The second-order valence-corrected chi connectivity index (χ2v) is 1.77. The van der Waals surface area contributed by atoms with Gasteiger partial charge in [-0.3, -0.25) is 0 Å². The Bertz CT molecular complexity index is 89.0. The molecule has 0 aromatic heterocycles.